The van der Waals surface area contributed by atoms with Gasteiger partial charge in [0.25, 0.3) is 6.43 Å². The van der Waals surface area contributed by atoms with Gasteiger partial charge >= 0.3 is 0 Å². The van der Waals surface area contributed by atoms with Gasteiger partial charge in [-0.25, -0.2) is 17.6 Å². The lowest BCUT2D eigenvalue weighted by Gasteiger charge is -2.10. The normalized spacial score (nSPS) is 10.5. The average molecular weight is 220 g/mol. The monoisotopic (exact) mass is 220 g/mol. The second-order valence-electron chi connectivity index (χ2n) is 2.77. The smallest absolute Gasteiger partial charge is 0.277 e. The Morgan fingerprint density at radius 3 is 2.47 bits per heavy atom. The molecule has 0 heterocycles. The number of rotatable bonds is 3. The minimum absolute atomic E-state index is 0.334. The molecule has 0 saturated heterocycles. The molecule has 15 heavy (non-hydrogen) atoms. The van der Waals surface area contributed by atoms with E-state index in [1.807, 2.05) is 5.32 Å². The topological polar surface area (TPSA) is 38.0 Å². The molecule has 0 saturated carbocycles. The van der Waals surface area contributed by atoms with Gasteiger partial charge in [0, 0.05) is 0 Å². The highest BCUT2D eigenvalue weighted by Gasteiger charge is 2.14. The number of nitrogens with one attached hydrogen (secondary N) is 1. The van der Waals surface area contributed by atoms with Gasteiger partial charge in [0.1, 0.15) is 11.5 Å². The van der Waals surface area contributed by atoms with Crippen molar-refractivity contribution in [2.45, 2.75) is 6.43 Å². The summed E-state index contributed by atoms with van der Waals surface area (Å²) in [4.78, 5) is 0. The molecular formula is C9H8F4N2. The van der Waals surface area contributed by atoms with Crippen LogP contribution in [-0.4, -0.2) is 6.43 Å². The van der Waals surface area contributed by atoms with Crippen molar-refractivity contribution in [2.75, 3.05) is 11.1 Å². The molecular weight excluding hydrogens is 212 g/mol. The molecule has 1 rings (SSSR count). The maximum atomic E-state index is 13.2. The number of allylic oxidation sites excluding steroid dienone is 1. The van der Waals surface area contributed by atoms with Gasteiger partial charge < -0.3 is 11.1 Å². The van der Waals surface area contributed by atoms with E-state index in [-0.39, 0.29) is 5.69 Å². The minimum atomic E-state index is -2.84. The Labute approximate surface area is 83.4 Å². The molecule has 0 bridgehead atoms. The third-order valence-electron chi connectivity index (χ3n) is 1.69. The van der Waals surface area contributed by atoms with E-state index >= 15 is 0 Å². The molecule has 0 aliphatic rings. The van der Waals surface area contributed by atoms with Crippen molar-refractivity contribution in [3.05, 3.63) is 36.0 Å². The summed E-state index contributed by atoms with van der Waals surface area (Å²) in [7, 11) is 0. The van der Waals surface area contributed by atoms with E-state index in [1.165, 1.54) is 0 Å². The van der Waals surface area contributed by atoms with Crippen LogP contribution in [0.25, 0.3) is 0 Å². The zero-order valence-electron chi connectivity index (χ0n) is 7.53. The Bertz CT molecular complexity index is 390. The zero-order chi connectivity index (χ0) is 11.6. The zero-order valence-corrected chi connectivity index (χ0v) is 7.53. The number of benzene rings is 1. The Hall–Kier alpha value is -1.72. The van der Waals surface area contributed by atoms with Crippen LogP contribution >= 0.6 is 0 Å². The van der Waals surface area contributed by atoms with Crippen LogP contribution < -0.4 is 11.1 Å². The quantitative estimate of drug-likeness (QED) is 0.607. The standard InChI is InChI=1S/C9H8F4N2/c1-4(9(12)13)15-6-3-2-5(10)8(14)7(6)11/h2-3,9,15H,1,14H2. The molecule has 0 aliphatic carbocycles. The van der Waals surface area contributed by atoms with Crippen molar-refractivity contribution >= 4 is 11.4 Å². The van der Waals surface area contributed by atoms with Crippen LogP contribution in [0.1, 0.15) is 0 Å². The van der Waals surface area contributed by atoms with E-state index in [9.17, 15) is 17.6 Å². The first-order chi connectivity index (χ1) is 6.93. The van der Waals surface area contributed by atoms with E-state index in [1.54, 1.807) is 0 Å². The number of nitrogen functional groups attached to an aromatic ring is 1. The molecule has 1 aromatic rings. The Balaban J connectivity index is 2.97. The fraction of sp³-hybridized carbons (Fsp3) is 0.111. The van der Waals surface area contributed by atoms with Gasteiger partial charge in [0.2, 0.25) is 0 Å². The SMILES string of the molecule is C=C(Nc1ccc(F)c(N)c1F)C(F)F. The van der Waals surface area contributed by atoms with Crippen molar-refractivity contribution < 1.29 is 17.6 Å². The summed E-state index contributed by atoms with van der Waals surface area (Å²) < 4.78 is 49.9. The molecule has 3 N–H and O–H groups in total. The number of alkyl halides is 2. The van der Waals surface area contributed by atoms with Crippen molar-refractivity contribution in [1.29, 1.82) is 0 Å². The van der Waals surface area contributed by atoms with E-state index in [4.69, 9.17) is 5.73 Å². The average Bonchev–Trinajstić information content (AvgIpc) is 2.18. The summed E-state index contributed by atoms with van der Waals surface area (Å²) in [5.74, 6) is -2.06. The van der Waals surface area contributed by atoms with Crippen molar-refractivity contribution in [2.24, 2.45) is 0 Å². The van der Waals surface area contributed by atoms with Crippen LogP contribution in [0.4, 0.5) is 28.9 Å². The maximum absolute atomic E-state index is 13.2. The molecule has 0 unspecified atom stereocenters. The Kier molecular flexibility index (Phi) is 3.18. The van der Waals surface area contributed by atoms with Crippen LogP contribution in [0.2, 0.25) is 0 Å². The first kappa shape index (κ1) is 11.4. The lowest BCUT2D eigenvalue weighted by Crippen LogP contribution is -2.09. The second-order valence-corrected chi connectivity index (χ2v) is 2.77. The highest BCUT2D eigenvalue weighted by molar-refractivity contribution is 5.59. The summed E-state index contributed by atoms with van der Waals surface area (Å²) in [6.45, 7) is 2.98. The summed E-state index contributed by atoms with van der Waals surface area (Å²) in [6, 6.07) is 1.84. The van der Waals surface area contributed by atoms with Crippen molar-refractivity contribution in [3.63, 3.8) is 0 Å². The van der Waals surface area contributed by atoms with Crippen molar-refractivity contribution in [3.8, 4) is 0 Å². The van der Waals surface area contributed by atoms with Crippen LogP contribution in [0.5, 0.6) is 0 Å². The van der Waals surface area contributed by atoms with Gasteiger partial charge in [-0.2, -0.15) is 0 Å². The molecule has 0 aliphatic heterocycles. The first-order valence-electron chi connectivity index (χ1n) is 3.91. The molecule has 82 valence electrons. The van der Waals surface area contributed by atoms with Gasteiger partial charge in [-0.05, 0) is 12.1 Å². The molecule has 0 amide bonds. The molecule has 0 aromatic heterocycles. The molecule has 0 atom stereocenters. The summed E-state index contributed by atoms with van der Waals surface area (Å²) in [5.41, 5.74) is 3.29. The predicted octanol–water partition coefficient (Wildman–Crippen LogP) is 2.74. The van der Waals surface area contributed by atoms with E-state index in [0.717, 1.165) is 12.1 Å². The number of anilines is 2. The van der Waals surface area contributed by atoms with Crippen molar-refractivity contribution in [1.82, 2.24) is 0 Å². The van der Waals surface area contributed by atoms with Crippen LogP contribution in [0.3, 0.4) is 0 Å². The van der Waals surface area contributed by atoms with Crippen LogP contribution in [-0.2, 0) is 0 Å². The fourth-order valence-corrected chi connectivity index (χ4v) is 0.893. The highest BCUT2D eigenvalue weighted by atomic mass is 19.3. The summed E-state index contributed by atoms with van der Waals surface area (Å²) in [5, 5.41) is 2.01. The van der Waals surface area contributed by atoms with Gasteiger partial charge in [0.05, 0.1) is 11.4 Å². The summed E-state index contributed by atoms with van der Waals surface area (Å²) >= 11 is 0. The van der Waals surface area contributed by atoms with Crippen LogP contribution in [0, 0.1) is 11.6 Å². The number of halogens is 4. The molecule has 1 aromatic carbocycles. The number of nitrogens with two attached hydrogens (primary N) is 1. The lowest BCUT2D eigenvalue weighted by molar-refractivity contribution is 0.192. The fourth-order valence-electron chi connectivity index (χ4n) is 0.893. The predicted molar refractivity (Wildman–Crippen MR) is 49.5 cm³/mol. The molecule has 0 spiro atoms. The second kappa shape index (κ2) is 4.20. The third kappa shape index (κ3) is 2.39. The summed E-state index contributed by atoms with van der Waals surface area (Å²) in [6.07, 6.45) is -2.84. The molecule has 2 nitrogen and oxygen atoms in total. The number of hydrogen-bond acceptors (Lipinski definition) is 2. The van der Waals surface area contributed by atoms with E-state index < -0.39 is 29.4 Å². The molecule has 0 radical (unpaired) electrons. The number of hydrogen-bond donors (Lipinski definition) is 2. The third-order valence-corrected chi connectivity index (χ3v) is 1.69. The van der Waals surface area contributed by atoms with E-state index in [2.05, 4.69) is 6.58 Å². The minimum Gasteiger partial charge on any atom is -0.394 e. The van der Waals surface area contributed by atoms with Gasteiger partial charge in [-0.3, -0.25) is 0 Å². The maximum Gasteiger partial charge on any atom is 0.277 e. The van der Waals surface area contributed by atoms with Gasteiger partial charge in [-0.15, -0.1) is 0 Å². The van der Waals surface area contributed by atoms with Gasteiger partial charge in [-0.1, -0.05) is 6.58 Å². The molecule has 6 heteroatoms. The Morgan fingerprint density at radius 1 is 1.33 bits per heavy atom. The van der Waals surface area contributed by atoms with Crippen LogP contribution in [0.15, 0.2) is 24.4 Å². The Morgan fingerprint density at radius 2 is 1.93 bits per heavy atom. The first-order valence-corrected chi connectivity index (χ1v) is 3.91. The highest BCUT2D eigenvalue weighted by Crippen LogP contribution is 2.24. The largest absolute Gasteiger partial charge is 0.394 e. The van der Waals surface area contributed by atoms with E-state index in [0.29, 0.717) is 0 Å². The lowest BCUT2D eigenvalue weighted by atomic mass is 10.2. The van der Waals surface area contributed by atoms with Gasteiger partial charge in [0.15, 0.2) is 5.82 Å². The molecule has 0 fully saturated rings.